The van der Waals surface area contributed by atoms with Crippen molar-refractivity contribution in [3.63, 3.8) is 0 Å². The van der Waals surface area contributed by atoms with Crippen molar-refractivity contribution in [3.05, 3.63) is 42.5 Å². The Morgan fingerprint density at radius 1 is 1.09 bits per heavy atom. The summed E-state index contributed by atoms with van der Waals surface area (Å²) in [5.41, 5.74) is 1.67. The number of para-hydroxylation sites is 1. The summed E-state index contributed by atoms with van der Waals surface area (Å²) in [6.07, 6.45) is 0. The molecule has 0 radical (unpaired) electrons. The van der Waals surface area contributed by atoms with Crippen molar-refractivity contribution in [1.82, 2.24) is 5.32 Å². The van der Waals surface area contributed by atoms with Gasteiger partial charge in [0.15, 0.2) is 6.61 Å². The van der Waals surface area contributed by atoms with E-state index in [1.165, 1.54) is 0 Å². The summed E-state index contributed by atoms with van der Waals surface area (Å²) >= 11 is 0. The third kappa shape index (κ3) is 3.31. The van der Waals surface area contributed by atoms with Crippen molar-refractivity contribution in [1.29, 1.82) is 0 Å². The molecule has 23 heavy (non-hydrogen) atoms. The molecule has 1 atom stereocenters. The van der Waals surface area contributed by atoms with Crippen molar-refractivity contribution in [3.8, 4) is 5.75 Å². The smallest absolute Gasteiger partial charge is 0.258 e. The van der Waals surface area contributed by atoms with E-state index in [4.69, 9.17) is 9.15 Å². The predicted molar refractivity (Wildman–Crippen MR) is 91.7 cm³/mol. The Morgan fingerprint density at radius 2 is 1.83 bits per heavy atom. The Kier molecular flexibility index (Phi) is 4.24. The number of nitrogens with one attached hydrogen (secondary N) is 1. The van der Waals surface area contributed by atoms with Gasteiger partial charge in [0.2, 0.25) is 0 Å². The summed E-state index contributed by atoms with van der Waals surface area (Å²) in [5, 5.41) is 4.97. The summed E-state index contributed by atoms with van der Waals surface area (Å²) in [6, 6.07) is 13.6. The number of hydrogen-bond donors (Lipinski definition) is 1. The lowest BCUT2D eigenvalue weighted by atomic mass is 10.1. The molecular weight excluding hydrogens is 290 g/mol. The van der Waals surface area contributed by atoms with Crippen molar-refractivity contribution in [2.75, 3.05) is 6.61 Å². The number of carbonyl (C=O) groups excluding carboxylic acids is 1. The largest absolute Gasteiger partial charge is 0.484 e. The molecule has 1 amide bonds. The number of benzene rings is 2. The van der Waals surface area contributed by atoms with Gasteiger partial charge in [0.05, 0.1) is 0 Å². The van der Waals surface area contributed by atoms with Gasteiger partial charge in [-0.25, -0.2) is 0 Å². The summed E-state index contributed by atoms with van der Waals surface area (Å²) in [6.45, 7) is 6.15. The van der Waals surface area contributed by atoms with Gasteiger partial charge >= 0.3 is 0 Å². The molecule has 1 aromatic heterocycles. The summed E-state index contributed by atoms with van der Waals surface area (Å²) in [4.78, 5) is 11.9. The molecule has 0 bridgehead atoms. The molecule has 3 aromatic rings. The molecule has 0 aliphatic rings. The molecule has 0 saturated carbocycles. The maximum absolute atomic E-state index is 11.9. The first-order chi connectivity index (χ1) is 11.0. The molecule has 0 aliphatic heterocycles. The second-order valence-electron chi connectivity index (χ2n) is 6.15. The normalized spacial score (nSPS) is 12.7. The molecule has 2 aromatic carbocycles. The Balaban J connectivity index is 1.73. The molecule has 1 heterocycles. The monoisotopic (exact) mass is 311 g/mol. The van der Waals surface area contributed by atoms with E-state index in [2.05, 4.69) is 19.2 Å². The van der Waals surface area contributed by atoms with Gasteiger partial charge in [-0.1, -0.05) is 32.0 Å². The van der Waals surface area contributed by atoms with Crippen LogP contribution in [0.3, 0.4) is 0 Å². The first kappa shape index (κ1) is 15.4. The van der Waals surface area contributed by atoms with Crippen LogP contribution in [-0.2, 0) is 4.79 Å². The van der Waals surface area contributed by atoms with Crippen LogP contribution in [0.1, 0.15) is 20.8 Å². The zero-order chi connectivity index (χ0) is 16.4. The highest BCUT2D eigenvalue weighted by Crippen LogP contribution is 2.31. The van der Waals surface area contributed by atoms with Crippen LogP contribution in [0.25, 0.3) is 21.9 Å². The van der Waals surface area contributed by atoms with Crippen LogP contribution >= 0.6 is 0 Å². The van der Waals surface area contributed by atoms with Crippen LogP contribution in [0.5, 0.6) is 5.75 Å². The lowest BCUT2D eigenvalue weighted by molar-refractivity contribution is -0.124. The Bertz CT molecular complexity index is 835. The lowest BCUT2D eigenvalue weighted by Crippen LogP contribution is -2.38. The highest BCUT2D eigenvalue weighted by molar-refractivity contribution is 6.05. The Labute approximate surface area is 135 Å². The molecule has 0 fully saturated rings. The SMILES string of the molecule is CC(C)[C@H](C)NC(=O)COc1ccc2oc3ccccc3c2c1. The van der Waals surface area contributed by atoms with Gasteiger partial charge in [0.1, 0.15) is 16.9 Å². The fourth-order valence-corrected chi connectivity index (χ4v) is 2.41. The molecule has 0 aliphatic carbocycles. The van der Waals surface area contributed by atoms with Gasteiger partial charge in [-0.05, 0) is 37.1 Å². The van der Waals surface area contributed by atoms with Crippen molar-refractivity contribution in [2.45, 2.75) is 26.8 Å². The maximum Gasteiger partial charge on any atom is 0.258 e. The Hall–Kier alpha value is -2.49. The van der Waals surface area contributed by atoms with E-state index in [0.29, 0.717) is 11.7 Å². The van der Waals surface area contributed by atoms with Crippen LogP contribution in [-0.4, -0.2) is 18.6 Å². The number of carbonyl (C=O) groups is 1. The first-order valence-electron chi connectivity index (χ1n) is 7.88. The molecule has 0 unspecified atom stereocenters. The number of furan rings is 1. The summed E-state index contributed by atoms with van der Waals surface area (Å²) in [7, 11) is 0. The molecular formula is C19H21NO3. The van der Waals surface area contributed by atoms with Crippen LogP contribution in [0, 0.1) is 5.92 Å². The quantitative estimate of drug-likeness (QED) is 0.771. The molecule has 0 spiro atoms. The minimum atomic E-state index is -0.108. The standard InChI is InChI=1S/C19H21NO3/c1-12(2)13(3)20-19(21)11-22-14-8-9-18-16(10-14)15-6-4-5-7-17(15)23-18/h4-10,12-13H,11H2,1-3H3,(H,20,21)/t13-/m0/s1. The van der Waals surface area contributed by atoms with E-state index < -0.39 is 0 Å². The minimum Gasteiger partial charge on any atom is -0.484 e. The summed E-state index contributed by atoms with van der Waals surface area (Å²) < 4.78 is 11.4. The van der Waals surface area contributed by atoms with Crippen LogP contribution in [0.4, 0.5) is 0 Å². The predicted octanol–water partition coefficient (Wildman–Crippen LogP) is 4.13. The average molecular weight is 311 g/mol. The number of hydrogen-bond acceptors (Lipinski definition) is 3. The topological polar surface area (TPSA) is 51.5 Å². The number of ether oxygens (including phenoxy) is 1. The van der Waals surface area contributed by atoms with Gasteiger partial charge in [-0.2, -0.15) is 0 Å². The number of rotatable bonds is 5. The Morgan fingerprint density at radius 3 is 2.61 bits per heavy atom. The van der Waals surface area contributed by atoms with Gasteiger partial charge in [0, 0.05) is 16.8 Å². The number of amides is 1. The van der Waals surface area contributed by atoms with E-state index in [9.17, 15) is 4.79 Å². The third-order valence-electron chi connectivity index (χ3n) is 4.11. The van der Waals surface area contributed by atoms with E-state index in [1.807, 2.05) is 49.4 Å². The van der Waals surface area contributed by atoms with Crippen LogP contribution in [0.2, 0.25) is 0 Å². The molecule has 120 valence electrons. The maximum atomic E-state index is 11.9. The van der Waals surface area contributed by atoms with Gasteiger partial charge in [0.25, 0.3) is 5.91 Å². The van der Waals surface area contributed by atoms with E-state index in [-0.39, 0.29) is 18.6 Å². The minimum absolute atomic E-state index is 0.0123. The van der Waals surface area contributed by atoms with E-state index >= 15 is 0 Å². The van der Waals surface area contributed by atoms with Crippen molar-refractivity contribution < 1.29 is 13.9 Å². The summed E-state index contributed by atoms with van der Waals surface area (Å²) in [5.74, 6) is 0.951. The highest BCUT2D eigenvalue weighted by atomic mass is 16.5. The van der Waals surface area contributed by atoms with Crippen molar-refractivity contribution in [2.24, 2.45) is 5.92 Å². The van der Waals surface area contributed by atoms with Crippen molar-refractivity contribution >= 4 is 27.8 Å². The van der Waals surface area contributed by atoms with Gasteiger partial charge < -0.3 is 14.5 Å². The molecule has 3 rings (SSSR count). The fraction of sp³-hybridized carbons (Fsp3) is 0.316. The van der Waals surface area contributed by atoms with Crippen LogP contribution in [0.15, 0.2) is 46.9 Å². The fourth-order valence-electron chi connectivity index (χ4n) is 2.41. The lowest BCUT2D eigenvalue weighted by Gasteiger charge is -2.17. The van der Waals surface area contributed by atoms with Gasteiger partial charge in [-0.15, -0.1) is 0 Å². The molecule has 4 heteroatoms. The molecule has 4 nitrogen and oxygen atoms in total. The zero-order valence-electron chi connectivity index (χ0n) is 13.6. The molecule has 1 N–H and O–H groups in total. The third-order valence-corrected chi connectivity index (χ3v) is 4.11. The average Bonchev–Trinajstić information content (AvgIpc) is 2.90. The van der Waals surface area contributed by atoms with Crippen LogP contribution < -0.4 is 10.1 Å². The van der Waals surface area contributed by atoms with Gasteiger partial charge in [-0.3, -0.25) is 4.79 Å². The van der Waals surface area contributed by atoms with E-state index in [1.54, 1.807) is 0 Å². The van der Waals surface area contributed by atoms with E-state index in [0.717, 1.165) is 21.9 Å². The second-order valence-corrected chi connectivity index (χ2v) is 6.15. The zero-order valence-corrected chi connectivity index (χ0v) is 13.6. The first-order valence-corrected chi connectivity index (χ1v) is 7.88. The second kappa shape index (κ2) is 6.32. The number of fused-ring (bicyclic) bond motifs is 3. The highest BCUT2D eigenvalue weighted by Gasteiger charge is 2.12. The molecule has 0 saturated heterocycles.